The molecular weight excluding hydrogens is 814 g/mol. The average molecular weight is 859 g/mol. The maximum atomic E-state index is 12.5. The smallest absolute Gasteiger partial charge is 0.425 e. The molecule has 0 saturated carbocycles. The Balaban J connectivity index is 0.000000320. The minimum absolute atomic E-state index is 0.186. The maximum absolute atomic E-state index is 12.5. The predicted octanol–water partition coefficient (Wildman–Crippen LogP) is 6.59. The average Bonchev–Trinajstić information content (AvgIpc) is 3.19. The van der Waals surface area contributed by atoms with Crippen LogP contribution in [-0.4, -0.2) is 143 Å². The van der Waals surface area contributed by atoms with Gasteiger partial charge in [-0.25, -0.2) is 28.9 Å². The number of ether oxygens (including phenoxy) is 4. The van der Waals surface area contributed by atoms with Crippen molar-refractivity contribution in [3.63, 3.8) is 0 Å². The van der Waals surface area contributed by atoms with Gasteiger partial charge >= 0.3 is 36.5 Å². The Hall–Kier alpha value is -6.00. The quantitative estimate of drug-likeness (QED) is 0.174. The zero-order chi connectivity index (χ0) is 44.9. The maximum Gasteiger partial charge on any atom is 0.425 e. The molecule has 4 atom stereocenters. The van der Waals surface area contributed by atoms with Crippen LogP contribution in [-0.2, 0) is 32.2 Å². The summed E-state index contributed by atoms with van der Waals surface area (Å²) in [5.41, 5.74) is 1.94. The van der Waals surface area contributed by atoms with Gasteiger partial charge in [0.2, 0.25) is 0 Å². The molecule has 2 N–H and O–H groups in total. The van der Waals surface area contributed by atoms with Gasteiger partial charge in [0.15, 0.2) is 35.8 Å². The number of alkyl halides is 6. The molecule has 16 nitrogen and oxygen atoms in total. The van der Waals surface area contributed by atoms with E-state index >= 15 is 0 Å². The van der Waals surface area contributed by atoms with E-state index in [0.717, 1.165) is 13.8 Å². The lowest BCUT2D eigenvalue weighted by Gasteiger charge is -2.35. The number of piperazine rings is 2. The van der Waals surface area contributed by atoms with E-state index in [-0.39, 0.29) is 37.7 Å². The first-order valence-electron chi connectivity index (χ1n) is 18.3. The number of amides is 2. The van der Waals surface area contributed by atoms with E-state index in [4.69, 9.17) is 32.8 Å². The monoisotopic (exact) mass is 858 g/mol. The van der Waals surface area contributed by atoms with E-state index in [9.17, 15) is 45.5 Å². The van der Waals surface area contributed by atoms with E-state index in [1.807, 2.05) is 9.80 Å². The molecule has 328 valence electrons. The number of carboxylic acid groups (broad SMARTS) is 2. The van der Waals surface area contributed by atoms with Crippen LogP contribution in [0.15, 0.2) is 36.4 Å². The van der Waals surface area contributed by atoms with Crippen molar-refractivity contribution < 1.29 is 74.7 Å². The summed E-state index contributed by atoms with van der Waals surface area (Å²) in [6.07, 6.45) is -17.8. The highest BCUT2D eigenvalue weighted by molar-refractivity contribution is 5.73. The summed E-state index contributed by atoms with van der Waals surface area (Å²) in [7, 11) is 0. The number of carbonyl (C=O) groups is 4. The van der Waals surface area contributed by atoms with E-state index < -0.39 is 60.9 Å². The summed E-state index contributed by atoms with van der Waals surface area (Å²) in [6, 6.07) is 9.45. The molecule has 2 aromatic rings. The van der Waals surface area contributed by atoms with Crippen LogP contribution in [0.25, 0.3) is 9.69 Å². The third-order valence-corrected chi connectivity index (χ3v) is 9.19. The van der Waals surface area contributed by atoms with E-state index in [1.165, 1.54) is 35.8 Å². The molecular formula is C38H44F6N6O10. The molecule has 2 aliphatic rings. The summed E-state index contributed by atoms with van der Waals surface area (Å²) >= 11 is 0. The number of nitrogens with zero attached hydrogens (tertiary/aromatic N) is 6. The number of hydrogen-bond donors (Lipinski definition) is 2. The van der Waals surface area contributed by atoms with Gasteiger partial charge in [-0.15, -0.1) is 0 Å². The van der Waals surface area contributed by atoms with Crippen molar-refractivity contribution >= 4 is 35.5 Å². The molecule has 2 unspecified atom stereocenters. The molecule has 0 radical (unpaired) electrons. The fourth-order valence-corrected chi connectivity index (χ4v) is 5.43. The van der Waals surface area contributed by atoms with Gasteiger partial charge in [0, 0.05) is 76.6 Å². The van der Waals surface area contributed by atoms with Crippen molar-refractivity contribution in [1.29, 1.82) is 0 Å². The summed E-state index contributed by atoms with van der Waals surface area (Å²) in [6.45, 7) is 21.5. The molecule has 0 aromatic heterocycles. The van der Waals surface area contributed by atoms with Crippen LogP contribution in [0.4, 0.5) is 47.3 Å². The lowest BCUT2D eigenvalue weighted by molar-refractivity contribution is -0.200. The van der Waals surface area contributed by atoms with Crippen LogP contribution in [0.5, 0.6) is 11.5 Å². The zero-order valence-electron chi connectivity index (χ0n) is 33.0. The van der Waals surface area contributed by atoms with Crippen LogP contribution in [0.1, 0.15) is 38.8 Å². The van der Waals surface area contributed by atoms with Crippen molar-refractivity contribution in [3.05, 3.63) is 70.4 Å². The fraction of sp³-hybridized carbons (Fsp3) is 0.526. The van der Waals surface area contributed by atoms with Gasteiger partial charge in [-0.3, -0.25) is 9.80 Å². The first-order chi connectivity index (χ1) is 28.0. The molecule has 2 saturated heterocycles. The Morgan fingerprint density at radius 2 is 0.933 bits per heavy atom. The van der Waals surface area contributed by atoms with E-state index in [1.54, 1.807) is 24.3 Å². The number of halogens is 6. The Kier molecular flexibility index (Phi) is 17.2. The fourth-order valence-electron chi connectivity index (χ4n) is 5.43. The summed E-state index contributed by atoms with van der Waals surface area (Å²) in [5.74, 6) is -1.73. The van der Waals surface area contributed by atoms with Gasteiger partial charge in [-0.2, -0.15) is 26.3 Å². The lowest BCUT2D eigenvalue weighted by atomic mass is 10.1. The molecule has 22 heteroatoms. The van der Waals surface area contributed by atoms with Crippen LogP contribution >= 0.6 is 0 Å². The minimum Gasteiger partial charge on any atom is -0.480 e. The van der Waals surface area contributed by atoms with E-state index in [2.05, 4.69) is 19.2 Å². The Bertz CT molecular complexity index is 1770. The zero-order valence-corrected chi connectivity index (χ0v) is 33.0. The number of carbonyl (C=O) groups excluding carboxylic acids is 2. The minimum atomic E-state index is -4.61. The molecule has 2 amide bonds. The molecule has 0 spiro atoms. The van der Waals surface area contributed by atoms with Crippen molar-refractivity contribution in [3.8, 4) is 11.5 Å². The Morgan fingerprint density at radius 1 is 0.617 bits per heavy atom. The second kappa shape index (κ2) is 21.3. The second-order valence-electron chi connectivity index (χ2n) is 13.7. The highest BCUT2D eigenvalue weighted by atomic mass is 19.4. The van der Waals surface area contributed by atoms with Gasteiger partial charge in [0.25, 0.3) is 0 Å². The summed E-state index contributed by atoms with van der Waals surface area (Å²) in [4.78, 5) is 58.9. The molecule has 2 aromatic carbocycles. The normalized spacial score (nSPS) is 17.0. The standard InChI is InChI=1S/2C19H22F3N3O5/c2*1-12(17(26)27)29-16-10-15(23-3)5-4-14(16)11-24-6-8-25(9-7-24)18(28)30-13(2)19(20,21)22/h2*4-5,10,12-13H,6-9,11H2,1-2H3,(H,26,27)/t2*12-,13?/m10/s1. The second-order valence-corrected chi connectivity index (χ2v) is 13.7. The molecule has 4 rings (SSSR count). The number of aliphatic carboxylic acids is 2. The van der Waals surface area contributed by atoms with Crippen molar-refractivity contribution in [2.24, 2.45) is 0 Å². The van der Waals surface area contributed by atoms with Crippen molar-refractivity contribution in [2.45, 2.75) is 77.6 Å². The first-order valence-corrected chi connectivity index (χ1v) is 18.3. The topological polar surface area (TPSA) is 167 Å². The first kappa shape index (κ1) is 48.4. The van der Waals surface area contributed by atoms with Crippen LogP contribution in [0.2, 0.25) is 0 Å². The summed E-state index contributed by atoms with van der Waals surface area (Å²) in [5, 5.41) is 18.1. The third kappa shape index (κ3) is 14.7. The highest BCUT2D eigenvalue weighted by Gasteiger charge is 2.41. The van der Waals surface area contributed by atoms with Crippen LogP contribution in [0.3, 0.4) is 0 Å². The number of benzene rings is 2. The number of rotatable bonds is 12. The molecule has 2 fully saturated rings. The largest absolute Gasteiger partial charge is 0.480 e. The number of carboxylic acids is 2. The van der Waals surface area contributed by atoms with E-state index in [0.29, 0.717) is 61.8 Å². The predicted molar refractivity (Wildman–Crippen MR) is 199 cm³/mol. The van der Waals surface area contributed by atoms with Crippen LogP contribution in [0, 0.1) is 13.1 Å². The van der Waals surface area contributed by atoms with Crippen LogP contribution < -0.4 is 9.47 Å². The van der Waals surface area contributed by atoms with Crippen molar-refractivity contribution in [1.82, 2.24) is 19.6 Å². The Labute approximate surface area is 341 Å². The molecule has 0 bridgehead atoms. The van der Waals surface area contributed by atoms with Gasteiger partial charge in [-0.05, 0) is 39.8 Å². The third-order valence-electron chi connectivity index (χ3n) is 9.19. The SMILES string of the molecule is [C-]#[N+]c1ccc(CN2CCN(C(=O)OC(C)C(F)(F)F)CC2)c(O[C@@H](C)C(=O)O)c1.[C-]#[N+]c1ccc(CN2CCN(C(=O)OC(C)C(F)(F)F)CC2)c(O[C@H](C)C(=O)O)c1. The van der Waals surface area contributed by atoms with Crippen molar-refractivity contribution in [2.75, 3.05) is 52.4 Å². The lowest BCUT2D eigenvalue weighted by Crippen LogP contribution is -2.49. The number of hydrogen-bond acceptors (Lipinski definition) is 10. The molecule has 60 heavy (non-hydrogen) atoms. The molecule has 0 aliphatic carbocycles. The van der Waals surface area contributed by atoms with Gasteiger partial charge in [0.1, 0.15) is 11.5 Å². The molecule has 2 aliphatic heterocycles. The van der Waals surface area contributed by atoms with Gasteiger partial charge < -0.3 is 39.0 Å². The summed E-state index contributed by atoms with van der Waals surface area (Å²) < 4.78 is 95.1. The highest BCUT2D eigenvalue weighted by Crippen LogP contribution is 2.30. The Morgan fingerprint density at radius 3 is 1.20 bits per heavy atom. The molecule has 2 heterocycles. The van der Waals surface area contributed by atoms with Gasteiger partial charge in [-0.1, -0.05) is 24.3 Å². The van der Waals surface area contributed by atoms with Gasteiger partial charge in [0.05, 0.1) is 13.1 Å².